The largest absolute Gasteiger partial charge is 0.497 e. The SMILES string of the molecule is COc1ccc([C@@H]2CNCCN2C(=O)Cc2cnc[nH]2)cc1. The zero-order chi connectivity index (χ0) is 15.4. The Labute approximate surface area is 129 Å². The van der Waals surface area contributed by atoms with E-state index in [1.165, 1.54) is 0 Å². The van der Waals surface area contributed by atoms with Crippen LogP contribution in [-0.2, 0) is 11.2 Å². The molecule has 22 heavy (non-hydrogen) atoms. The van der Waals surface area contributed by atoms with Crippen molar-refractivity contribution in [1.82, 2.24) is 20.2 Å². The second kappa shape index (κ2) is 6.62. The summed E-state index contributed by atoms with van der Waals surface area (Å²) >= 11 is 0. The van der Waals surface area contributed by atoms with E-state index in [9.17, 15) is 4.79 Å². The van der Waals surface area contributed by atoms with Crippen molar-refractivity contribution in [3.63, 3.8) is 0 Å². The molecule has 2 heterocycles. The lowest BCUT2D eigenvalue weighted by Crippen LogP contribution is -2.49. The number of nitrogens with zero attached hydrogens (tertiary/aromatic N) is 2. The van der Waals surface area contributed by atoms with Gasteiger partial charge in [0.05, 0.1) is 25.9 Å². The number of H-pyrrole nitrogens is 1. The fraction of sp³-hybridized carbons (Fsp3) is 0.375. The Morgan fingerprint density at radius 3 is 2.91 bits per heavy atom. The highest BCUT2D eigenvalue weighted by molar-refractivity contribution is 5.79. The smallest absolute Gasteiger partial charge is 0.229 e. The lowest BCUT2D eigenvalue weighted by Gasteiger charge is -2.36. The molecular weight excluding hydrogens is 280 g/mol. The molecule has 1 atom stereocenters. The van der Waals surface area contributed by atoms with Crippen LogP contribution in [0.25, 0.3) is 0 Å². The summed E-state index contributed by atoms with van der Waals surface area (Å²) in [5.74, 6) is 0.939. The number of carbonyl (C=O) groups excluding carboxylic acids is 1. The van der Waals surface area contributed by atoms with E-state index in [-0.39, 0.29) is 11.9 Å². The maximum atomic E-state index is 12.6. The number of aromatic nitrogens is 2. The van der Waals surface area contributed by atoms with E-state index in [2.05, 4.69) is 15.3 Å². The first-order valence-electron chi connectivity index (χ1n) is 7.39. The predicted molar refractivity (Wildman–Crippen MR) is 82.6 cm³/mol. The van der Waals surface area contributed by atoms with Gasteiger partial charge in [-0.1, -0.05) is 12.1 Å². The molecule has 1 aliphatic rings. The number of aromatic amines is 1. The van der Waals surface area contributed by atoms with E-state index >= 15 is 0 Å². The standard InChI is InChI=1S/C16H20N4O2/c1-22-14-4-2-12(3-5-14)15-10-17-6-7-20(15)16(21)8-13-9-18-11-19-13/h2-5,9,11,15,17H,6-8,10H2,1H3,(H,18,19)/t15-/m0/s1. The van der Waals surface area contributed by atoms with Gasteiger partial charge in [0.15, 0.2) is 0 Å². The number of carbonyl (C=O) groups is 1. The Bertz CT molecular complexity index is 610. The van der Waals surface area contributed by atoms with E-state index < -0.39 is 0 Å². The van der Waals surface area contributed by atoms with Gasteiger partial charge in [0.2, 0.25) is 5.91 Å². The van der Waals surface area contributed by atoms with Gasteiger partial charge < -0.3 is 19.9 Å². The second-order valence-electron chi connectivity index (χ2n) is 5.33. The zero-order valence-electron chi connectivity index (χ0n) is 12.6. The molecule has 116 valence electrons. The molecule has 1 aromatic heterocycles. The third-order valence-electron chi connectivity index (χ3n) is 3.96. The van der Waals surface area contributed by atoms with Crippen LogP contribution >= 0.6 is 0 Å². The summed E-state index contributed by atoms with van der Waals surface area (Å²) < 4.78 is 5.19. The molecule has 0 unspecified atom stereocenters. The Morgan fingerprint density at radius 1 is 1.41 bits per heavy atom. The first-order chi connectivity index (χ1) is 10.8. The molecule has 2 aromatic rings. The molecule has 0 radical (unpaired) electrons. The molecule has 1 aromatic carbocycles. The van der Waals surface area contributed by atoms with Crippen molar-refractivity contribution < 1.29 is 9.53 Å². The number of rotatable bonds is 4. The number of imidazole rings is 1. The van der Waals surface area contributed by atoms with Crippen LogP contribution in [0.5, 0.6) is 5.75 Å². The van der Waals surface area contributed by atoms with E-state index in [0.717, 1.165) is 30.1 Å². The minimum Gasteiger partial charge on any atom is -0.497 e. The first-order valence-corrected chi connectivity index (χ1v) is 7.39. The van der Waals surface area contributed by atoms with Crippen LogP contribution in [0.1, 0.15) is 17.3 Å². The minimum absolute atomic E-state index is 0.0510. The Balaban J connectivity index is 1.76. The van der Waals surface area contributed by atoms with Crippen molar-refractivity contribution in [1.29, 1.82) is 0 Å². The summed E-state index contributed by atoms with van der Waals surface area (Å²) in [6, 6.07) is 7.96. The molecule has 2 N–H and O–H groups in total. The molecule has 6 nitrogen and oxygen atoms in total. The summed E-state index contributed by atoms with van der Waals surface area (Å²) in [7, 11) is 1.65. The fourth-order valence-electron chi connectivity index (χ4n) is 2.77. The number of benzene rings is 1. The van der Waals surface area contributed by atoms with Gasteiger partial charge in [0, 0.05) is 31.5 Å². The number of methoxy groups -OCH3 is 1. The molecule has 1 amide bonds. The summed E-state index contributed by atoms with van der Waals surface area (Å²) in [6.45, 7) is 2.30. The van der Waals surface area contributed by atoms with Gasteiger partial charge in [-0.25, -0.2) is 4.98 Å². The second-order valence-corrected chi connectivity index (χ2v) is 5.33. The number of piperazine rings is 1. The average molecular weight is 300 g/mol. The quantitative estimate of drug-likeness (QED) is 0.888. The fourth-order valence-corrected chi connectivity index (χ4v) is 2.77. The highest BCUT2D eigenvalue weighted by Crippen LogP contribution is 2.25. The van der Waals surface area contributed by atoms with E-state index in [4.69, 9.17) is 4.74 Å². The number of amides is 1. The Morgan fingerprint density at radius 2 is 2.23 bits per heavy atom. The lowest BCUT2D eigenvalue weighted by molar-refractivity contribution is -0.133. The van der Waals surface area contributed by atoms with Crippen LogP contribution in [0.2, 0.25) is 0 Å². The maximum absolute atomic E-state index is 12.6. The predicted octanol–water partition coefficient (Wildman–Crippen LogP) is 1.13. The molecule has 6 heteroatoms. The van der Waals surface area contributed by atoms with Gasteiger partial charge in [-0.05, 0) is 17.7 Å². The molecule has 3 rings (SSSR count). The Hall–Kier alpha value is -2.34. The number of hydrogen-bond acceptors (Lipinski definition) is 4. The number of ether oxygens (including phenoxy) is 1. The van der Waals surface area contributed by atoms with Crippen LogP contribution in [0.3, 0.4) is 0 Å². The van der Waals surface area contributed by atoms with Crippen molar-refractivity contribution in [2.45, 2.75) is 12.5 Å². The first kappa shape index (κ1) is 14.6. The van der Waals surface area contributed by atoms with Crippen molar-refractivity contribution in [3.05, 3.63) is 48.0 Å². The van der Waals surface area contributed by atoms with Crippen molar-refractivity contribution in [2.24, 2.45) is 0 Å². The molecule has 0 spiro atoms. The summed E-state index contributed by atoms with van der Waals surface area (Å²) in [6.07, 6.45) is 3.65. The van der Waals surface area contributed by atoms with Crippen LogP contribution < -0.4 is 10.1 Å². The highest BCUT2D eigenvalue weighted by Gasteiger charge is 2.27. The van der Waals surface area contributed by atoms with Gasteiger partial charge in [-0.3, -0.25) is 4.79 Å². The van der Waals surface area contributed by atoms with Crippen LogP contribution in [-0.4, -0.2) is 47.5 Å². The van der Waals surface area contributed by atoms with E-state index in [1.807, 2.05) is 29.2 Å². The summed E-state index contributed by atoms with van der Waals surface area (Å²) in [5.41, 5.74) is 1.96. The maximum Gasteiger partial charge on any atom is 0.229 e. The molecular formula is C16H20N4O2. The van der Waals surface area contributed by atoms with Gasteiger partial charge in [0.25, 0.3) is 0 Å². The summed E-state index contributed by atoms with van der Waals surface area (Å²) in [5, 5.41) is 3.36. The van der Waals surface area contributed by atoms with Crippen LogP contribution in [0, 0.1) is 0 Å². The summed E-state index contributed by atoms with van der Waals surface area (Å²) in [4.78, 5) is 21.5. The van der Waals surface area contributed by atoms with Gasteiger partial charge in [-0.15, -0.1) is 0 Å². The highest BCUT2D eigenvalue weighted by atomic mass is 16.5. The Kier molecular flexibility index (Phi) is 4.39. The third kappa shape index (κ3) is 3.12. The van der Waals surface area contributed by atoms with Crippen molar-refractivity contribution >= 4 is 5.91 Å². The molecule has 1 fully saturated rings. The lowest BCUT2D eigenvalue weighted by atomic mass is 10.0. The molecule has 0 bridgehead atoms. The van der Waals surface area contributed by atoms with Crippen molar-refractivity contribution in [3.8, 4) is 5.75 Å². The topological polar surface area (TPSA) is 70.2 Å². The molecule has 1 aliphatic heterocycles. The van der Waals surface area contributed by atoms with Crippen molar-refractivity contribution in [2.75, 3.05) is 26.7 Å². The van der Waals surface area contributed by atoms with Gasteiger partial charge in [0.1, 0.15) is 5.75 Å². The minimum atomic E-state index is 0.0510. The van der Waals surface area contributed by atoms with E-state index in [1.54, 1.807) is 19.6 Å². The molecule has 0 aliphatic carbocycles. The van der Waals surface area contributed by atoms with Crippen LogP contribution in [0.4, 0.5) is 0 Å². The van der Waals surface area contributed by atoms with Gasteiger partial charge in [-0.2, -0.15) is 0 Å². The average Bonchev–Trinajstić information content (AvgIpc) is 3.08. The monoisotopic (exact) mass is 300 g/mol. The van der Waals surface area contributed by atoms with Gasteiger partial charge >= 0.3 is 0 Å². The normalized spacial score (nSPS) is 18.2. The molecule has 0 saturated carbocycles. The zero-order valence-corrected chi connectivity index (χ0v) is 12.6. The third-order valence-corrected chi connectivity index (χ3v) is 3.96. The number of nitrogens with one attached hydrogen (secondary N) is 2. The van der Waals surface area contributed by atoms with E-state index in [0.29, 0.717) is 13.0 Å². The van der Waals surface area contributed by atoms with Crippen LogP contribution in [0.15, 0.2) is 36.8 Å². The molecule has 1 saturated heterocycles. The number of hydrogen-bond donors (Lipinski definition) is 2.